The van der Waals surface area contributed by atoms with Crippen molar-refractivity contribution in [3.05, 3.63) is 35.4 Å². The van der Waals surface area contributed by atoms with Crippen molar-refractivity contribution in [2.45, 2.75) is 24.8 Å². The van der Waals surface area contributed by atoms with E-state index in [1.165, 1.54) is 6.07 Å². The Morgan fingerprint density at radius 1 is 1.33 bits per heavy atom. The van der Waals surface area contributed by atoms with Crippen molar-refractivity contribution in [3.63, 3.8) is 0 Å². The van der Waals surface area contributed by atoms with Crippen molar-refractivity contribution in [2.75, 3.05) is 13.2 Å². The first-order valence-corrected chi connectivity index (χ1v) is 5.85. The molecule has 0 amide bonds. The molecule has 1 aliphatic rings. The summed E-state index contributed by atoms with van der Waals surface area (Å²) < 4.78 is 31.3. The summed E-state index contributed by atoms with van der Waals surface area (Å²) >= 11 is 0. The van der Waals surface area contributed by atoms with E-state index in [0.717, 1.165) is 12.1 Å². The van der Waals surface area contributed by atoms with Crippen LogP contribution in [-0.2, 0) is 16.0 Å². The van der Waals surface area contributed by atoms with Gasteiger partial charge in [0, 0.05) is 25.7 Å². The van der Waals surface area contributed by atoms with Crippen LogP contribution in [0.4, 0.5) is 8.78 Å². The van der Waals surface area contributed by atoms with Crippen LogP contribution in [-0.4, -0.2) is 24.5 Å². The number of ether oxygens (including phenoxy) is 1. The van der Waals surface area contributed by atoms with Gasteiger partial charge in [-0.3, -0.25) is 4.79 Å². The number of nitrogens with two attached hydrogens (primary N) is 1. The molecule has 1 aromatic carbocycles. The van der Waals surface area contributed by atoms with Gasteiger partial charge in [0.2, 0.25) is 0 Å². The predicted molar refractivity (Wildman–Crippen MR) is 62.0 cm³/mol. The van der Waals surface area contributed by atoms with Crippen LogP contribution >= 0.6 is 0 Å². The monoisotopic (exact) mass is 255 g/mol. The predicted octanol–water partition coefficient (Wildman–Crippen LogP) is 1.58. The van der Waals surface area contributed by atoms with Gasteiger partial charge in [0.1, 0.15) is 11.6 Å². The van der Waals surface area contributed by atoms with Gasteiger partial charge >= 0.3 is 0 Å². The molecule has 98 valence electrons. The maximum atomic E-state index is 13.4. The van der Waals surface area contributed by atoms with E-state index in [2.05, 4.69) is 0 Å². The number of Topliss-reactive ketones (excluding diaryl/α,β-unsaturated/α-hetero) is 1. The van der Waals surface area contributed by atoms with Gasteiger partial charge in [-0.15, -0.1) is 0 Å². The van der Waals surface area contributed by atoms with E-state index in [0.29, 0.717) is 26.1 Å². The Morgan fingerprint density at radius 3 is 2.61 bits per heavy atom. The first kappa shape index (κ1) is 13.1. The second-order valence-corrected chi connectivity index (χ2v) is 4.60. The van der Waals surface area contributed by atoms with Crippen LogP contribution in [0.5, 0.6) is 0 Å². The van der Waals surface area contributed by atoms with Crippen molar-refractivity contribution in [1.29, 1.82) is 0 Å². The third-order valence-corrected chi connectivity index (χ3v) is 3.31. The topological polar surface area (TPSA) is 52.3 Å². The van der Waals surface area contributed by atoms with Crippen LogP contribution < -0.4 is 5.73 Å². The Hall–Kier alpha value is -1.33. The summed E-state index contributed by atoms with van der Waals surface area (Å²) in [5, 5.41) is 0. The molecule has 2 rings (SSSR count). The summed E-state index contributed by atoms with van der Waals surface area (Å²) in [6, 6.07) is 3.19. The lowest BCUT2D eigenvalue weighted by Crippen LogP contribution is -2.52. The van der Waals surface area contributed by atoms with Crippen molar-refractivity contribution >= 4 is 5.78 Å². The van der Waals surface area contributed by atoms with Gasteiger partial charge < -0.3 is 10.5 Å². The fraction of sp³-hybridized carbons (Fsp3) is 0.462. The molecule has 0 atom stereocenters. The second-order valence-electron chi connectivity index (χ2n) is 4.60. The lowest BCUT2D eigenvalue weighted by molar-refractivity contribution is -0.126. The van der Waals surface area contributed by atoms with E-state index >= 15 is 0 Å². The molecule has 1 aromatic rings. The van der Waals surface area contributed by atoms with Gasteiger partial charge in [-0.2, -0.15) is 0 Å². The van der Waals surface area contributed by atoms with E-state index in [-0.39, 0.29) is 17.8 Å². The van der Waals surface area contributed by atoms with Gasteiger partial charge in [0.05, 0.1) is 5.54 Å². The third kappa shape index (κ3) is 2.73. The highest BCUT2D eigenvalue weighted by atomic mass is 19.1. The van der Waals surface area contributed by atoms with Gasteiger partial charge in [0.15, 0.2) is 5.78 Å². The summed E-state index contributed by atoms with van der Waals surface area (Å²) in [5.41, 5.74) is 5.24. The van der Waals surface area contributed by atoms with Crippen LogP contribution in [0, 0.1) is 11.6 Å². The average Bonchev–Trinajstić information content (AvgIpc) is 2.33. The lowest BCUT2D eigenvalue weighted by Gasteiger charge is -2.31. The number of hydrogen-bond acceptors (Lipinski definition) is 3. The summed E-state index contributed by atoms with van der Waals surface area (Å²) in [7, 11) is 0. The van der Waals surface area contributed by atoms with E-state index in [1.807, 2.05) is 0 Å². The molecule has 0 saturated carbocycles. The fourth-order valence-corrected chi connectivity index (χ4v) is 2.03. The van der Waals surface area contributed by atoms with E-state index < -0.39 is 17.2 Å². The summed E-state index contributed by atoms with van der Waals surface area (Å²) in [6.45, 7) is 0.877. The zero-order chi connectivity index (χ0) is 13.2. The van der Waals surface area contributed by atoms with E-state index in [1.54, 1.807) is 0 Å². The highest BCUT2D eigenvalue weighted by molar-refractivity contribution is 5.90. The molecule has 1 fully saturated rings. The summed E-state index contributed by atoms with van der Waals surface area (Å²) in [4.78, 5) is 12.1. The molecule has 1 heterocycles. The SMILES string of the molecule is NC1(C(=O)Cc2ccc(F)cc2F)CCOCC1. The molecule has 1 saturated heterocycles. The maximum absolute atomic E-state index is 13.4. The number of benzene rings is 1. The molecular weight excluding hydrogens is 240 g/mol. The average molecular weight is 255 g/mol. The minimum Gasteiger partial charge on any atom is -0.381 e. The van der Waals surface area contributed by atoms with E-state index in [9.17, 15) is 13.6 Å². The normalized spacial score (nSPS) is 18.6. The molecule has 18 heavy (non-hydrogen) atoms. The largest absolute Gasteiger partial charge is 0.381 e. The Balaban J connectivity index is 2.11. The van der Waals surface area contributed by atoms with Crippen LogP contribution in [0.2, 0.25) is 0 Å². The number of hydrogen-bond donors (Lipinski definition) is 1. The molecule has 5 heteroatoms. The number of halogens is 2. The first-order chi connectivity index (χ1) is 8.51. The highest BCUT2D eigenvalue weighted by Crippen LogP contribution is 2.21. The maximum Gasteiger partial charge on any atom is 0.157 e. The number of rotatable bonds is 3. The Bertz CT molecular complexity index is 456. The molecule has 0 spiro atoms. The van der Waals surface area contributed by atoms with Crippen LogP contribution in [0.1, 0.15) is 18.4 Å². The molecule has 1 aliphatic heterocycles. The van der Waals surface area contributed by atoms with Crippen LogP contribution in [0.3, 0.4) is 0 Å². The second kappa shape index (κ2) is 5.12. The van der Waals surface area contributed by atoms with Crippen molar-refractivity contribution in [3.8, 4) is 0 Å². The van der Waals surface area contributed by atoms with Gasteiger partial charge in [-0.1, -0.05) is 6.07 Å². The highest BCUT2D eigenvalue weighted by Gasteiger charge is 2.35. The van der Waals surface area contributed by atoms with Crippen molar-refractivity contribution in [2.24, 2.45) is 5.73 Å². The van der Waals surface area contributed by atoms with Crippen LogP contribution in [0.15, 0.2) is 18.2 Å². The number of carbonyl (C=O) groups is 1. The molecule has 2 N–H and O–H groups in total. The molecule has 0 bridgehead atoms. The van der Waals surface area contributed by atoms with E-state index in [4.69, 9.17) is 10.5 Å². The zero-order valence-corrected chi connectivity index (χ0v) is 9.92. The third-order valence-electron chi connectivity index (χ3n) is 3.31. The number of carbonyl (C=O) groups excluding carboxylic acids is 1. The lowest BCUT2D eigenvalue weighted by atomic mass is 9.84. The Labute approximate surface area is 104 Å². The molecule has 0 radical (unpaired) electrons. The van der Waals surface area contributed by atoms with Crippen molar-refractivity contribution in [1.82, 2.24) is 0 Å². The standard InChI is InChI=1S/C13H15F2NO2/c14-10-2-1-9(11(15)8-10)7-12(17)13(16)3-5-18-6-4-13/h1-2,8H,3-7,16H2. The van der Waals surface area contributed by atoms with Crippen molar-refractivity contribution < 1.29 is 18.3 Å². The molecular formula is C13H15F2NO2. The van der Waals surface area contributed by atoms with Gasteiger partial charge in [-0.25, -0.2) is 8.78 Å². The molecule has 3 nitrogen and oxygen atoms in total. The molecule has 0 unspecified atom stereocenters. The fourth-order valence-electron chi connectivity index (χ4n) is 2.03. The first-order valence-electron chi connectivity index (χ1n) is 5.85. The van der Waals surface area contributed by atoms with Gasteiger partial charge in [-0.05, 0) is 24.5 Å². The summed E-state index contributed by atoms with van der Waals surface area (Å²) in [6.07, 6.45) is 0.770. The quantitative estimate of drug-likeness (QED) is 0.892. The zero-order valence-electron chi connectivity index (χ0n) is 9.92. The van der Waals surface area contributed by atoms with Crippen LogP contribution in [0.25, 0.3) is 0 Å². The molecule has 0 aromatic heterocycles. The smallest absolute Gasteiger partial charge is 0.157 e. The minimum atomic E-state index is -0.945. The number of ketones is 1. The molecule has 0 aliphatic carbocycles. The van der Waals surface area contributed by atoms with Gasteiger partial charge in [0.25, 0.3) is 0 Å². The minimum absolute atomic E-state index is 0.109. The summed E-state index contributed by atoms with van der Waals surface area (Å²) in [5.74, 6) is -1.59. The Kier molecular flexibility index (Phi) is 3.73. The Morgan fingerprint density at radius 2 is 2.00 bits per heavy atom.